The fourth-order valence-electron chi connectivity index (χ4n) is 5.44. The smallest absolute Gasteiger partial charge is 0.223 e. The predicted molar refractivity (Wildman–Crippen MR) is 141 cm³/mol. The van der Waals surface area contributed by atoms with Gasteiger partial charge in [0, 0.05) is 30.4 Å². The minimum absolute atomic E-state index is 0.0454. The molecule has 1 N–H and O–H groups in total. The van der Waals surface area contributed by atoms with E-state index in [1.807, 2.05) is 12.1 Å². The number of hydrogen-bond donors (Lipinski definition) is 1. The largest absolute Gasteiger partial charge is 0.497 e. The Balaban J connectivity index is 1.21. The zero-order valence-electron chi connectivity index (χ0n) is 20.9. The molecule has 2 aliphatic heterocycles. The SMILES string of the molecule is COc1ccc([C@@H](CNC(=O)C2CCN(c3ncnc4sc(C)c(C)c34)CC2)N2CCCC2)cc1. The van der Waals surface area contributed by atoms with Gasteiger partial charge in [0.1, 0.15) is 22.7 Å². The molecule has 0 saturated carbocycles. The van der Waals surface area contributed by atoms with Gasteiger partial charge < -0.3 is 15.0 Å². The number of nitrogens with zero attached hydrogens (tertiary/aromatic N) is 4. The maximum Gasteiger partial charge on any atom is 0.223 e. The van der Waals surface area contributed by atoms with Gasteiger partial charge in [-0.25, -0.2) is 9.97 Å². The molecule has 186 valence electrons. The minimum Gasteiger partial charge on any atom is -0.497 e. The summed E-state index contributed by atoms with van der Waals surface area (Å²) in [4.78, 5) is 29.4. The average Bonchev–Trinajstić information content (AvgIpc) is 3.53. The number of rotatable bonds is 7. The number of nitrogens with one attached hydrogen (secondary N) is 1. The Morgan fingerprint density at radius 1 is 1.11 bits per heavy atom. The number of carbonyl (C=O) groups excluding carboxylic acids is 1. The van der Waals surface area contributed by atoms with Crippen LogP contribution in [0.5, 0.6) is 5.75 Å². The zero-order valence-corrected chi connectivity index (χ0v) is 21.7. The van der Waals surface area contributed by atoms with Gasteiger partial charge in [-0.15, -0.1) is 11.3 Å². The number of fused-ring (bicyclic) bond motifs is 1. The molecular weight excluding hydrogens is 458 g/mol. The van der Waals surface area contributed by atoms with Crippen molar-refractivity contribution in [1.82, 2.24) is 20.2 Å². The normalized spacial score (nSPS) is 18.2. The number of hydrogen-bond acceptors (Lipinski definition) is 7. The first-order valence-corrected chi connectivity index (χ1v) is 13.5. The minimum atomic E-state index is 0.0454. The van der Waals surface area contributed by atoms with Gasteiger partial charge in [-0.3, -0.25) is 9.69 Å². The highest BCUT2D eigenvalue weighted by Crippen LogP contribution is 2.35. The Kier molecular flexibility index (Phi) is 7.20. The maximum absolute atomic E-state index is 13.2. The molecule has 2 aliphatic rings. The number of benzene rings is 1. The van der Waals surface area contributed by atoms with E-state index < -0.39 is 0 Å². The van der Waals surface area contributed by atoms with E-state index in [2.05, 4.69) is 51.1 Å². The van der Waals surface area contributed by atoms with Gasteiger partial charge in [-0.2, -0.15) is 0 Å². The number of thiophene rings is 1. The molecule has 0 aliphatic carbocycles. The summed E-state index contributed by atoms with van der Waals surface area (Å²) >= 11 is 1.73. The lowest BCUT2D eigenvalue weighted by Crippen LogP contribution is -2.43. The van der Waals surface area contributed by atoms with Crippen LogP contribution in [0, 0.1) is 19.8 Å². The molecule has 0 spiro atoms. The number of anilines is 1. The molecule has 5 rings (SSSR count). The van der Waals surface area contributed by atoms with Crippen LogP contribution in [0.4, 0.5) is 5.82 Å². The lowest BCUT2D eigenvalue weighted by atomic mass is 9.95. The van der Waals surface area contributed by atoms with Crippen molar-refractivity contribution in [3.63, 3.8) is 0 Å². The third kappa shape index (κ3) is 5.00. The number of aromatic nitrogens is 2. The quantitative estimate of drug-likeness (QED) is 0.523. The van der Waals surface area contributed by atoms with Crippen LogP contribution in [0.3, 0.4) is 0 Å². The Bertz CT molecular complexity index is 1160. The van der Waals surface area contributed by atoms with Crippen molar-refractivity contribution in [2.45, 2.75) is 45.6 Å². The fourth-order valence-corrected chi connectivity index (χ4v) is 6.43. The first-order chi connectivity index (χ1) is 17.0. The average molecular weight is 494 g/mol. The third-order valence-corrected chi connectivity index (χ3v) is 8.78. The second-order valence-electron chi connectivity index (χ2n) is 9.70. The highest BCUT2D eigenvalue weighted by Gasteiger charge is 2.29. The Hall–Kier alpha value is -2.71. The Morgan fingerprint density at radius 3 is 2.51 bits per heavy atom. The first-order valence-electron chi connectivity index (χ1n) is 12.7. The Labute approximate surface area is 211 Å². The number of aryl methyl sites for hydroxylation is 2. The maximum atomic E-state index is 13.2. The summed E-state index contributed by atoms with van der Waals surface area (Å²) in [5.41, 5.74) is 2.50. The van der Waals surface area contributed by atoms with Crippen LogP contribution in [-0.4, -0.2) is 60.6 Å². The van der Waals surface area contributed by atoms with Crippen LogP contribution in [0.1, 0.15) is 47.7 Å². The van der Waals surface area contributed by atoms with Crippen molar-refractivity contribution in [2.75, 3.05) is 44.7 Å². The summed E-state index contributed by atoms with van der Waals surface area (Å²) in [7, 11) is 1.69. The van der Waals surface area contributed by atoms with E-state index in [-0.39, 0.29) is 17.9 Å². The summed E-state index contributed by atoms with van der Waals surface area (Å²) in [5, 5.41) is 4.47. The van der Waals surface area contributed by atoms with Crippen molar-refractivity contribution < 1.29 is 9.53 Å². The molecule has 3 aromatic rings. The number of piperidine rings is 1. The molecule has 0 radical (unpaired) electrons. The molecule has 1 amide bonds. The van der Waals surface area contributed by atoms with E-state index in [1.54, 1.807) is 24.8 Å². The summed E-state index contributed by atoms with van der Waals surface area (Å²) in [6, 6.07) is 8.48. The molecule has 7 nitrogen and oxygen atoms in total. The van der Waals surface area contributed by atoms with Crippen LogP contribution < -0.4 is 15.0 Å². The van der Waals surface area contributed by atoms with Crippen molar-refractivity contribution in [3.8, 4) is 5.75 Å². The van der Waals surface area contributed by atoms with Crippen molar-refractivity contribution >= 4 is 33.3 Å². The lowest BCUT2D eigenvalue weighted by molar-refractivity contribution is -0.125. The molecule has 2 saturated heterocycles. The molecule has 35 heavy (non-hydrogen) atoms. The summed E-state index contributed by atoms with van der Waals surface area (Å²) < 4.78 is 5.33. The summed E-state index contributed by atoms with van der Waals surface area (Å²) in [5.74, 6) is 2.10. The van der Waals surface area contributed by atoms with Crippen molar-refractivity contribution in [3.05, 3.63) is 46.6 Å². The van der Waals surface area contributed by atoms with E-state index in [9.17, 15) is 4.79 Å². The second kappa shape index (κ2) is 10.5. The molecule has 2 fully saturated rings. The molecule has 4 heterocycles. The van der Waals surface area contributed by atoms with Gasteiger partial charge in [0.25, 0.3) is 0 Å². The fraction of sp³-hybridized carbons (Fsp3) is 0.519. The van der Waals surface area contributed by atoms with Crippen LogP contribution in [-0.2, 0) is 4.79 Å². The monoisotopic (exact) mass is 493 g/mol. The lowest BCUT2D eigenvalue weighted by Gasteiger charge is -2.33. The Morgan fingerprint density at radius 2 is 1.83 bits per heavy atom. The number of carbonyl (C=O) groups is 1. The van der Waals surface area contributed by atoms with Gasteiger partial charge in [-0.05, 0) is 75.9 Å². The third-order valence-electron chi connectivity index (χ3n) is 7.66. The van der Waals surface area contributed by atoms with E-state index >= 15 is 0 Å². The van der Waals surface area contributed by atoms with Crippen LogP contribution in [0.2, 0.25) is 0 Å². The molecule has 1 aromatic carbocycles. The van der Waals surface area contributed by atoms with Crippen LogP contribution in [0.25, 0.3) is 10.2 Å². The van der Waals surface area contributed by atoms with Crippen LogP contribution >= 0.6 is 11.3 Å². The van der Waals surface area contributed by atoms with Crippen molar-refractivity contribution in [2.24, 2.45) is 5.92 Å². The van der Waals surface area contributed by atoms with E-state index in [1.165, 1.54) is 34.2 Å². The van der Waals surface area contributed by atoms with Gasteiger partial charge in [0.05, 0.1) is 18.5 Å². The van der Waals surface area contributed by atoms with Gasteiger partial charge >= 0.3 is 0 Å². The molecule has 1 atom stereocenters. The van der Waals surface area contributed by atoms with E-state index in [0.717, 1.165) is 55.4 Å². The van der Waals surface area contributed by atoms with Gasteiger partial charge in [0.2, 0.25) is 5.91 Å². The zero-order chi connectivity index (χ0) is 24.4. The van der Waals surface area contributed by atoms with Gasteiger partial charge in [-0.1, -0.05) is 12.1 Å². The van der Waals surface area contributed by atoms with E-state index in [0.29, 0.717) is 6.54 Å². The molecule has 2 aromatic heterocycles. The van der Waals surface area contributed by atoms with Crippen molar-refractivity contribution in [1.29, 1.82) is 0 Å². The van der Waals surface area contributed by atoms with Gasteiger partial charge in [0.15, 0.2) is 0 Å². The highest BCUT2D eigenvalue weighted by molar-refractivity contribution is 7.18. The predicted octanol–water partition coefficient (Wildman–Crippen LogP) is 4.49. The molecule has 0 bridgehead atoms. The number of ether oxygens (including phenoxy) is 1. The molecule has 8 heteroatoms. The summed E-state index contributed by atoms with van der Waals surface area (Å²) in [6.07, 6.45) is 5.80. The molecule has 0 unspecified atom stereocenters. The number of amides is 1. The second-order valence-corrected chi connectivity index (χ2v) is 10.9. The first kappa shape index (κ1) is 24.0. The van der Waals surface area contributed by atoms with Crippen LogP contribution in [0.15, 0.2) is 30.6 Å². The van der Waals surface area contributed by atoms with E-state index in [4.69, 9.17) is 4.74 Å². The standard InChI is InChI=1S/C27H35N5O2S/c1-18-19(2)35-27-24(18)25(29-17-30-27)32-14-10-21(11-15-32)26(33)28-16-23(31-12-4-5-13-31)20-6-8-22(34-3)9-7-20/h6-9,17,21,23H,4-5,10-16H2,1-3H3,(H,28,33)/t23-/m1/s1. The number of likely N-dealkylation sites (tertiary alicyclic amines) is 1. The highest BCUT2D eigenvalue weighted by atomic mass is 32.1. The number of methoxy groups -OCH3 is 1. The molecular formula is C27H35N5O2S. The topological polar surface area (TPSA) is 70.6 Å². The summed E-state index contributed by atoms with van der Waals surface area (Å²) in [6.45, 7) is 8.79.